The van der Waals surface area contributed by atoms with Crippen molar-refractivity contribution in [2.75, 3.05) is 31.1 Å². The zero-order valence-corrected chi connectivity index (χ0v) is 15.7. The van der Waals surface area contributed by atoms with Gasteiger partial charge in [-0.1, -0.05) is 24.3 Å². The molecule has 140 valence electrons. The standard InChI is InChI=1S/C22H26N4O/c27-21(18-5-6-18)15-16-1-3-17(4-2-16)20-9-10-22(24-23-20)26-13-11-25(12-14-26)19-7-8-19/h1-4,9-10,18-19H,5-8,11-15H2. The van der Waals surface area contributed by atoms with Crippen molar-refractivity contribution in [3.8, 4) is 11.3 Å². The molecule has 0 bridgehead atoms. The number of carbonyl (C=O) groups excluding carboxylic acids is 1. The number of hydrogen-bond donors (Lipinski definition) is 0. The molecule has 2 heterocycles. The van der Waals surface area contributed by atoms with Crippen molar-refractivity contribution in [2.45, 2.75) is 38.1 Å². The van der Waals surface area contributed by atoms with E-state index in [1.165, 1.54) is 12.8 Å². The van der Waals surface area contributed by atoms with Gasteiger partial charge in [0.15, 0.2) is 5.82 Å². The Bertz CT molecular complexity index is 801. The number of nitrogens with zero attached hydrogens (tertiary/aromatic N) is 4. The SMILES string of the molecule is O=C(Cc1ccc(-c2ccc(N3CCN(C4CC4)CC3)nn2)cc1)C1CC1. The zero-order valence-electron chi connectivity index (χ0n) is 15.7. The smallest absolute Gasteiger partial charge is 0.151 e. The van der Waals surface area contributed by atoms with Crippen molar-refractivity contribution >= 4 is 11.6 Å². The minimum Gasteiger partial charge on any atom is -0.353 e. The van der Waals surface area contributed by atoms with Crippen molar-refractivity contribution in [3.63, 3.8) is 0 Å². The largest absolute Gasteiger partial charge is 0.353 e. The molecule has 0 amide bonds. The summed E-state index contributed by atoms with van der Waals surface area (Å²) in [5.74, 6) is 1.68. The highest BCUT2D eigenvalue weighted by Crippen LogP contribution is 2.31. The number of aromatic nitrogens is 2. The minimum absolute atomic E-state index is 0.328. The first kappa shape index (κ1) is 16.9. The maximum atomic E-state index is 11.9. The van der Waals surface area contributed by atoms with Gasteiger partial charge in [0.25, 0.3) is 0 Å². The number of rotatable bonds is 6. The molecular formula is C22H26N4O. The lowest BCUT2D eigenvalue weighted by molar-refractivity contribution is -0.119. The van der Waals surface area contributed by atoms with Crippen LogP contribution in [0.3, 0.4) is 0 Å². The zero-order chi connectivity index (χ0) is 18.2. The third-order valence-corrected chi connectivity index (χ3v) is 6.01. The van der Waals surface area contributed by atoms with Crippen molar-refractivity contribution in [3.05, 3.63) is 42.0 Å². The molecule has 5 nitrogen and oxygen atoms in total. The van der Waals surface area contributed by atoms with Gasteiger partial charge >= 0.3 is 0 Å². The molecule has 1 aromatic heterocycles. The van der Waals surface area contributed by atoms with Gasteiger partial charge in [-0.2, -0.15) is 0 Å². The molecule has 0 unspecified atom stereocenters. The van der Waals surface area contributed by atoms with Crippen LogP contribution in [0.2, 0.25) is 0 Å². The van der Waals surface area contributed by atoms with E-state index in [9.17, 15) is 4.79 Å². The lowest BCUT2D eigenvalue weighted by Crippen LogP contribution is -2.47. The van der Waals surface area contributed by atoms with Gasteiger partial charge in [0.1, 0.15) is 5.78 Å². The highest BCUT2D eigenvalue weighted by atomic mass is 16.1. The van der Waals surface area contributed by atoms with Gasteiger partial charge in [0, 0.05) is 50.1 Å². The minimum atomic E-state index is 0.328. The topological polar surface area (TPSA) is 49.3 Å². The molecule has 2 aromatic rings. The van der Waals surface area contributed by atoms with Crippen LogP contribution >= 0.6 is 0 Å². The van der Waals surface area contributed by atoms with Crippen LogP contribution in [0.1, 0.15) is 31.2 Å². The predicted molar refractivity (Wildman–Crippen MR) is 106 cm³/mol. The molecule has 1 saturated heterocycles. The number of hydrogen-bond acceptors (Lipinski definition) is 5. The van der Waals surface area contributed by atoms with E-state index in [-0.39, 0.29) is 0 Å². The number of piperazine rings is 1. The van der Waals surface area contributed by atoms with Crippen molar-refractivity contribution in [1.29, 1.82) is 0 Å². The molecule has 3 fully saturated rings. The second-order valence-electron chi connectivity index (χ2n) is 8.15. The van der Waals surface area contributed by atoms with Crippen LogP contribution in [0, 0.1) is 5.92 Å². The lowest BCUT2D eigenvalue weighted by Gasteiger charge is -2.35. The fraction of sp³-hybridized carbons (Fsp3) is 0.500. The Labute approximate surface area is 160 Å². The van der Waals surface area contributed by atoms with E-state index in [0.29, 0.717) is 18.1 Å². The summed E-state index contributed by atoms with van der Waals surface area (Å²) in [5, 5.41) is 8.92. The number of carbonyl (C=O) groups is 1. The molecule has 5 heteroatoms. The van der Waals surface area contributed by atoms with Gasteiger partial charge in [0.2, 0.25) is 0 Å². The molecule has 2 saturated carbocycles. The van der Waals surface area contributed by atoms with E-state index >= 15 is 0 Å². The summed E-state index contributed by atoms with van der Waals surface area (Å²) in [4.78, 5) is 16.9. The molecule has 0 spiro atoms. The highest BCUT2D eigenvalue weighted by molar-refractivity contribution is 5.85. The second kappa shape index (κ2) is 7.04. The van der Waals surface area contributed by atoms with Crippen LogP contribution in [-0.4, -0.2) is 53.1 Å². The summed E-state index contributed by atoms with van der Waals surface area (Å²) in [6, 6.07) is 13.2. The number of benzene rings is 1. The first-order valence-corrected chi connectivity index (χ1v) is 10.2. The Kier molecular flexibility index (Phi) is 4.40. The first-order valence-electron chi connectivity index (χ1n) is 10.2. The fourth-order valence-corrected chi connectivity index (χ4v) is 3.95. The maximum absolute atomic E-state index is 11.9. The Hall–Kier alpha value is -2.27. The lowest BCUT2D eigenvalue weighted by atomic mass is 10.0. The van der Waals surface area contributed by atoms with Crippen LogP contribution in [0.5, 0.6) is 0 Å². The van der Waals surface area contributed by atoms with Crippen molar-refractivity contribution in [1.82, 2.24) is 15.1 Å². The molecule has 1 aliphatic heterocycles. The number of ketones is 1. The molecule has 0 radical (unpaired) electrons. The summed E-state index contributed by atoms with van der Waals surface area (Å²) in [7, 11) is 0. The average Bonchev–Trinajstić information content (AvgIpc) is 3.61. The molecule has 3 aliphatic rings. The molecular weight excluding hydrogens is 336 g/mol. The van der Waals surface area contributed by atoms with Crippen LogP contribution < -0.4 is 4.90 Å². The van der Waals surface area contributed by atoms with Crippen LogP contribution in [0.25, 0.3) is 11.3 Å². The van der Waals surface area contributed by atoms with Crippen LogP contribution in [0.4, 0.5) is 5.82 Å². The van der Waals surface area contributed by atoms with E-state index in [1.807, 2.05) is 24.3 Å². The van der Waals surface area contributed by atoms with Gasteiger partial charge in [0.05, 0.1) is 5.69 Å². The van der Waals surface area contributed by atoms with E-state index in [0.717, 1.165) is 67.7 Å². The predicted octanol–water partition coefficient (Wildman–Crippen LogP) is 2.95. The second-order valence-corrected chi connectivity index (χ2v) is 8.15. The summed E-state index contributed by atoms with van der Waals surface area (Å²) in [5.41, 5.74) is 3.03. The fourth-order valence-electron chi connectivity index (χ4n) is 3.95. The Balaban J connectivity index is 1.21. The summed E-state index contributed by atoms with van der Waals surface area (Å²) in [6.45, 7) is 4.34. The van der Waals surface area contributed by atoms with Crippen molar-refractivity contribution in [2.24, 2.45) is 5.92 Å². The molecule has 0 N–H and O–H groups in total. The summed E-state index contributed by atoms with van der Waals surface area (Å²) in [6.07, 6.45) is 5.47. The van der Waals surface area contributed by atoms with Crippen LogP contribution in [0.15, 0.2) is 36.4 Å². The Morgan fingerprint density at radius 2 is 1.63 bits per heavy atom. The quantitative estimate of drug-likeness (QED) is 0.791. The van der Waals surface area contributed by atoms with Gasteiger partial charge in [-0.25, -0.2) is 0 Å². The Morgan fingerprint density at radius 1 is 0.889 bits per heavy atom. The first-order chi connectivity index (χ1) is 13.3. The molecule has 0 atom stereocenters. The van der Waals surface area contributed by atoms with Crippen molar-refractivity contribution < 1.29 is 4.79 Å². The van der Waals surface area contributed by atoms with Gasteiger partial charge in [-0.05, 0) is 43.4 Å². The monoisotopic (exact) mass is 362 g/mol. The van der Waals surface area contributed by atoms with E-state index in [1.54, 1.807) is 0 Å². The number of Topliss-reactive ketones (excluding diaryl/α,β-unsaturated/α-hetero) is 1. The molecule has 2 aliphatic carbocycles. The van der Waals surface area contributed by atoms with E-state index in [2.05, 4.69) is 32.1 Å². The van der Waals surface area contributed by atoms with E-state index < -0.39 is 0 Å². The van der Waals surface area contributed by atoms with Crippen LogP contribution in [-0.2, 0) is 11.2 Å². The van der Waals surface area contributed by atoms with Gasteiger partial charge < -0.3 is 4.90 Å². The molecule has 5 rings (SSSR count). The Morgan fingerprint density at radius 3 is 2.22 bits per heavy atom. The average molecular weight is 362 g/mol. The summed E-state index contributed by atoms with van der Waals surface area (Å²) < 4.78 is 0. The van der Waals surface area contributed by atoms with Gasteiger partial charge in [-0.3, -0.25) is 9.69 Å². The van der Waals surface area contributed by atoms with Gasteiger partial charge in [-0.15, -0.1) is 10.2 Å². The molecule has 27 heavy (non-hydrogen) atoms. The number of anilines is 1. The normalized spacial score (nSPS) is 20.7. The highest BCUT2D eigenvalue weighted by Gasteiger charge is 2.31. The van der Waals surface area contributed by atoms with E-state index in [4.69, 9.17) is 0 Å². The maximum Gasteiger partial charge on any atom is 0.151 e. The third-order valence-electron chi connectivity index (χ3n) is 6.01. The third kappa shape index (κ3) is 3.88. The summed E-state index contributed by atoms with van der Waals surface area (Å²) >= 11 is 0. The molecule has 1 aromatic carbocycles.